The van der Waals surface area contributed by atoms with E-state index in [-0.39, 0.29) is 29.8 Å². The van der Waals surface area contributed by atoms with Crippen LogP contribution in [0.5, 0.6) is 0 Å². The summed E-state index contributed by atoms with van der Waals surface area (Å²) in [5, 5.41) is 6.35. The number of hydrogen-bond acceptors (Lipinski definition) is 1. The van der Waals surface area contributed by atoms with E-state index in [1.165, 1.54) is 6.07 Å². The van der Waals surface area contributed by atoms with Gasteiger partial charge in [0.25, 0.3) is 0 Å². The summed E-state index contributed by atoms with van der Waals surface area (Å²) in [5.74, 6) is 0.511. The molecule has 0 fully saturated rings. The van der Waals surface area contributed by atoms with Crippen LogP contribution in [0.25, 0.3) is 0 Å². The molecule has 0 aliphatic rings. The molecule has 0 aromatic heterocycles. The van der Waals surface area contributed by atoms with Gasteiger partial charge in [0.2, 0.25) is 0 Å². The molecule has 0 radical (unpaired) electrons. The molecule has 0 aliphatic carbocycles. The molecular formula is C13H20BrFIN3. The lowest BCUT2D eigenvalue weighted by Crippen LogP contribution is -2.37. The monoisotopic (exact) mass is 443 g/mol. The van der Waals surface area contributed by atoms with Crippen LogP contribution in [0.1, 0.15) is 25.8 Å². The van der Waals surface area contributed by atoms with Crippen molar-refractivity contribution in [3.63, 3.8) is 0 Å². The van der Waals surface area contributed by atoms with E-state index in [2.05, 4.69) is 38.5 Å². The first kappa shape index (κ1) is 18.6. The number of hydrogen-bond donors (Lipinski definition) is 2. The van der Waals surface area contributed by atoms with Crippen LogP contribution in [0.2, 0.25) is 0 Å². The molecule has 19 heavy (non-hydrogen) atoms. The topological polar surface area (TPSA) is 36.4 Å². The van der Waals surface area contributed by atoms with Crippen molar-refractivity contribution >= 4 is 45.9 Å². The van der Waals surface area contributed by atoms with E-state index in [0.717, 1.165) is 31.0 Å². The normalized spacial score (nSPS) is 10.8. The highest BCUT2D eigenvalue weighted by atomic mass is 127. The van der Waals surface area contributed by atoms with Crippen LogP contribution in [0.3, 0.4) is 0 Å². The number of nitrogens with one attached hydrogen (secondary N) is 2. The van der Waals surface area contributed by atoms with Gasteiger partial charge in [-0.05, 0) is 47.0 Å². The maximum atomic E-state index is 13.3. The van der Waals surface area contributed by atoms with Gasteiger partial charge in [-0.25, -0.2) is 9.38 Å². The van der Waals surface area contributed by atoms with Gasteiger partial charge in [0, 0.05) is 13.1 Å². The number of nitrogens with zero attached hydrogens (tertiary/aromatic N) is 1. The van der Waals surface area contributed by atoms with E-state index in [1.807, 2.05) is 13.0 Å². The Morgan fingerprint density at radius 3 is 2.63 bits per heavy atom. The lowest BCUT2D eigenvalue weighted by molar-refractivity contribution is 0.618. The molecule has 3 nitrogen and oxygen atoms in total. The minimum absolute atomic E-state index is 0. The third kappa shape index (κ3) is 7.10. The molecule has 0 saturated heterocycles. The fourth-order valence-electron chi connectivity index (χ4n) is 1.39. The molecule has 1 aromatic carbocycles. The van der Waals surface area contributed by atoms with Gasteiger partial charge < -0.3 is 10.6 Å². The van der Waals surface area contributed by atoms with Crippen molar-refractivity contribution in [2.24, 2.45) is 4.99 Å². The number of guanidine groups is 1. The Hall–Kier alpha value is -0.370. The van der Waals surface area contributed by atoms with Gasteiger partial charge in [-0.2, -0.15) is 0 Å². The Morgan fingerprint density at radius 2 is 2.05 bits per heavy atom. The van der Waals surface area contributed by atoms with Crippen molar-refractivity contribution in [2.45, 2.75) is 26.8 Å². The van der Waals surface area contributed by atoms with Crippen molar-refractivity contribution in [3.8, 4) is 0 Å². The van der Waals surface area contributed by atoms with E-state index in [4.69, 9.17) is 0 Å². The lowest BCUT2D eigenvalue weighted by atomic mass is 10.2. The third-order valence-corrected chi connectivity index (χ3v) is 2.93. The fraction of sp³-hybridized carbons (Fsp3) is 0.462. The zero-order valence-electron chi connectivity index (χ0n) is 11.2. The quantitative estimate of drug-likeness (QED) is 0.413. The molecule has 0 heterocycles. The molecular weight excluding hydrogens is 424 g/mol. The minimum Gasteiger partial charge on any atom is -0.357 e. The van der Waals surface area contributed by atoms with Gasteiger partial charge in [-0.15, -0.1) is 24.0 Å². The first-order valence-corrected chi connectivity index (χ1v) is 6.92. The van der Waals surface area contributed by atoms with Gasteiger partial charge in [-0.1, -0.05) is 13.0 Å². The molecule has 1 rings (SSSR count). The van der Waals surface area contributed by atoms with E-state index in [9.17, 15) is 4.39 Å². The number of aliphatic imine (C=N–C) groups is 1. The molecule has 6 heteroatoms. The Labute approximate surface area is 139 Å². The molecule has 0 saturated carbocycles. The van der Waals surface area contributed by atoms with E-state index >= 15 is 0 Å². The van der Waals surface area contributed by atoms with Gasteiger partial charge in [0.05, 0.1) is 11.0 Å². The van der Waals surface area contributed by atoms with E-state index in [1.54, 1.807) is 6.07 Å². The first-order valence-electron chi connectivity index (χ1n) is 6.13. The van der Waals surface area contributed by atoms with Gasteiger partial charge in [0.1, 0.15) is 5.82 Å². The maximum absolute atomic E-state index is 13.3. The van der Waals surface area contributed by atoms with Crippen LogP contribution in [-0.4, -0.2) is 19.0 Å². The number of halogens is 3. The fourth-order valence-corrected chi connectivity index (χ4v) is 1.64. The molecule has 0 spiro atoms. The van der Waals surface area contributed by atoms with Crippen LogP contribution in [0, 0.1) is 5.82 Å². The second-order valence-electron chi connectivity index (χ2n) is 3.87. The Balaban J connectivity index is 0.00000324. The van der Waals surface area contributed by atoms with Crippen molar-refractivity contribution in [3.05, 3.63) is 34.1 Å². The minimum atomic E-state index is -0.255. The lowest BCUT2D eigenvalue weighted by Gasteiger charge is -2.10. The van der Waals surface area contributed by atoms with Crippen LogP contribution in [0.4, 0.5) is 4.39 Å². The molecule has 0 amide bonds. The summed E-state index contributed by atoms with van der Waals surface area (Å²) in [6.45, 7) is 6.26. The Kier molecular flexibility index (Phi) is 10.2. The van der Waals surface area contributed by atoms with Crippen LogP contribution in [-0.2, 0) is 6.54 Å². The molecule has 2 N–H and O–H groups in total. The molecule has 108 valence electrons. The van der Waals surface area contributed by atoms with Crippen LogP contribution in [0.15, 0.2) is 27.7 Å². The Morgan fingerprint density at radius 1 is 1.32 bits per heavy atom. The van der Waals surface area contributed by atoms with Crippen molar-refractivity contribution in [2.75, 3.05) is 13.1 Å². The van der Waals surface area contributed by atoms with Crippen molar-refractivity contribution in [1.82, 2.24) is 10.6 Å². The summed E-state index contributed by atoms with van der Waals surface area (Å²) >= 11 is 3.13. The number of benzene rings is 1. The number of rotatable bonds is 5. The molecule has 0 atom stereocenters. The van der Waals surface area contributed by atoms with Gasteiger partial charge >= 0.3 is 0 Å². The zero-order valence-corrected chi connectivity index (χ0v) is 15.1. The molecule has 0 unspecified atom stereocenters. The van der Waals surface area contributed by atoms with Crippen LogP contribution < -0.4 is 10.6 Å². The Bertz CT molecular complexity index is 413. The first-order chi connectivity index (χ1) is 8.67. The SMILES string of the molecule is CCCNC(=NCc1ccc(Br)c(F)c1)NCC.I. The summed E-state index contributed by atoms with van der Waals surface area (Å²) in [5.41, 5.74) is 0.851. The highest BCUT2D eigenvalue weighted by Gasteiger charge is 2.01. The predicted molar refractivity (Wildman–Crippen MR) is 92.6 cm³/mol. The zero-order chi connectivity index (χ0) is 13.4. The third-order valence-electron chi connectivity index (χ3n) is 2.29. The molecule has 1 aromatic rings. The van der Waals surface area contributed by atoms with Crippen LogP contribution >= 0.6 is 39.9 Å². The van der Waals surface area contributed by atoms with Gasteiger partial charge in [-0.3, -0.25) is 0 Å². The second-order valence-corrected chi connectivity index (χ2v) is 4.72. The second kappa shape index (κ2) is 10.4. The van der Waals surface area contributed by atoms with Crippen molar-refractivity contribution < 1.29 is 4.39 Å². The van der Waals surface area contributed by atoms with E-state index in [0.29, 0.717) is 11.0 Å². The molecule has 0 bridgehead atoms. The van der Waals surface area contributed by atoms with Crippen molar-refractivity contribution in [1.29, 1.82) is 0 Å². The highest BCUT2D eigenvalue weighted by molar-refractivity contribution is 14.0. The largest absolute Gasteiger partial charge is 0.357 e. The average molecular weight is 444 g/mol. The highest BCUT2D eigenvalue weighted by Crippen LogP contribution is 2.16. The summed E-state index contributed by atoms with van der Waals surface area (Å²) < 4.78 is 13.8. The predicted octanol–water partition coefficient (Wildman–Crippen LogP) is 3.67. The van der Waals surface area contributed by atoms with Gasteiger partial charge in [0.15, 0.2) is 5.96 Å². The smallest absolute Gasteiger partial charge is 0.191 e. The molecule has 0 aliphatic heterocycles. The van der Waals surface area contributed by atoms with E-state index < -0.39 is 0 Å². The average Bonchev–Trinajstić information content (AvgIpc) is 2.37. The summed E-state index contributed by atoms with van der Waals surface area (Å²) in [6, 6.07) is 5.06. The standard InChI is InChI=1S/C13H19BrFN3.HI/c1-3-7-17-13(16-4-2)18-9-10-5-6-11(14)12(15)8-10;/h5-6,8H,3-4,7,9H2,1-2H3,(H2,16,17,18);1H. The maximum Gasteiger partial charge on any atom is 0.191 e. The summed E-state index contributed by atoms with van der Waals surface area (Å²) in [7, 11) is 0. The summed E-state index contributed by atoms with van der Waals surface area (Å²) in [4.78, 5) is 4.40. The summed E-state index contributed by atoms with van der Waals surface area (Å²) in [6.07, 6.45) is 1.04.